The maximum atomic E-state index is 11.0. The predicted octanol–water partition coefficient (Wildman–Crippen LogP) is 1.81. The Bertz CT molecular complexity index is 986. The lowest BCUT2D eigenvalue weighted by atomic mass is 10.2. The highest BCUT2D eigenvalue weighted by Gasteiger charge is 2.20. The van der Waals surface area contributed by atoms with E-state index in [1.165, 1.54) is 0 Å². The van der Waals surface area contributed by atoms with Crippen molar-refractivity contribution in [2.24, 2.45) is 5.73 Å². The fourth-order valence-electron chi connectivity index (χ4n) is 3.59. The van der Waals surface area contributed by atoms with Crippen molar-refractivity contribution >= 4 is 27.5 Å². The Balaban J connectivity index is 1.29. The lowest BCUT2D eigenvalue weighted by molar-refractivity contribution is -0.119. The van der Waals surface area contributed by atoms with Gasteiger partial charge in [0.15, 0.2) is 0 Å². The minimum Gasteiger partial charge on any atom is -0.491 e. The minimum absolute atomic E-state index is 0.225. The van der Waals surface area contributed by atoms with Gasteiger partial charge in [-0.1, -0.05) is 30.3 Å². The number of fused-ring (bicyclic) bond motifs is 1. The van der Waals surface area contributed by atoms with Gasteiger partial charge >= 0.3 is 0 Å². The Morgan fingerprint density at radius 3 is 2.60 bits per heavy atom. The van der Waals surface area contributed by atoms with Gasteiger partial charge in [-0.3, -0.25) is 14.6 Å². The Kier molecular flexibility index (Phi) is 6.59. The van der Waals surface area contributed by atoms with E-state index in [4.69, 9.17) is 15.5 Å². The summed E-state index contributed by atoms with van der Waals surface area (Å²) in [6.07, 6.45) is -0.585. The van der Waals surface area contributed by atoms with Gasteiger partial charge in [0.1, 0.15) is 23.5 Å². The van der Waals surface area contributed by atoms with Gasteiger partial charge in [-0.2, -0.15) is 0 Å². The molecule has 0 bridgehead atoms. The monoisotopic (exact) mass is 426 g/mol. The average molecular weight is 427 g/mol. The zero-order chi connectivity index (χ0) is 20.9. The molecule has 3 N–H and O–H groups in total. The highest BCUT2D eigenvalue weighted by molar-refractivity contribution is 7.21. The van der Waals surface area contributed by atoms with E-state index in [-0.39, 0.29) is 12.5 Å². The second-order valence-electron chi connectivity index (χ2n) is 7.52. The quantitative estimate of drug-likeness (QED) is 0.571. The molecule has 1 aliphatic heterocycles. The van der Waals surface area contributed by atoms with Crippen molar-refractivity contribution in [2.75, 3.05) is 45.9 Å². The number of aromatic nitrogens is 1. The third-order valence-electron chi connectivity index (χ3n) is 5.14. The van der Waals surface area contributed by atoms with Crippen molar-refractivity contribution in [3.63, 3.8) is 0 Å². The first kappa shape index (κ1) is 20.7. The molecule has 0 spiro atoms. The van der Waals surface area contributed by atoms with Crippen LogP contribution in [0.25, 0.3) is 20.8 Å². The van der Waals surface area contributed by atoms with Crippen molar-refractivity contribution < 1.29 is 14.6 Å². The van der Waals surface area contributed by atoms with Crippen LogP contribution >= 0.6 is 11.3 Å². The molecule has 158 valence electrons. The fourth-order valence-corrected chi connectivity index (χ4v) is 4.55. The Morgan fingerprint density at radius 1 is 1.13 bits per heavy atom. The summed E-state index contributed by atoms with van der Waals surface area (Å²) in [7, 11) is 0. The molecule has 1 saturated heterocycles. The molecule has 0 radical (unpaired) electrons. The molecule has 1 atom stereocenters. The summed E-state index contributed by atoms with van der Waals surface area (Å²) in [6, 6.07) is 16.0. The number of aliphatic hydroxyl groups is 1. The van der Waals surface area contributed by atoms with Crippen LogP contribution in [-0.2, 0) is 4.79 Å². The van der Waals surface area contributed by atoms with Crippen LogP contribution in [0.3, 0.4) is 0 Å². The van der Waals surface area contributed by atoms with E-state index in [1.54, 1.807) is 11.3 Å². The fraction of sp³-hybridized carbons (Fsp3) is 0.364. The van der Waals surface area contributed by atoms with E-state index >= 15 is 0 Å². The van der Waals surface area contributed by atoms with Crippen LogP contribution in [0.4, 0.5) is 0 Å². The number of hydrogen-bond acceptors (Lipinski definition) is 7. The van der Waals surface area contributed by atoms with Gasteiger partial charge in [0, 0.05) is 44.4 Å². The molecule has 1 amide bonds. The maximum absolute atomic E-state index is 11.0. The zero-order valence-electron chi connectivity index (χ0n) is 16.7. The number of amides is 1. The molecule has 1 unspecified atom stereocenters. The molecular weight excluding hydrogens is 400 g/mol. The first-order valence-corrected chi connectivity index (χ1v) is 10.9. The molecule has 2 heterocycles. The number of thiazole rings is 1. The number of ether oxygens (including phenoxy) is 1. The third-order valence-corrected chi connectivity index (χ3v) is 6.22. The molecule has 3 aromatic rings. The van der Waals surface area contributed by atoms with E-state index in [1.807, 2.05) is 41.3 Å². The summed E-state index contributed by atoms with van der Waals surface area (Å²) in [4.78, 5) is 19.9. The third kappa shape index (κ3) is 5.34. The van der Waals surface area contributed by atoms with Gasteiger partial charge < -0.3 is 15.6 Å². The summed E-state index contributed by atoms with van der Waals surface area (Å²) in [5.74, 6) is 0.405. The van der Waals surface area contributed by atoms with Gasteiger partial charge in [0.2, 0.25) is 5.91 Å². The van der Waals surface area contributed by atoms with E-state index in [0.29, 0.717) is 18.8 Å². The van der Waals surface area contributed by atoms with Crippen molar-refractivity contribution in [1.29, 1.82) is 0 Å². The SMILES string of the molecule is NC(=O)CN1CCN(CC(O)COc2ccc3sc(-c4ccccc4)nc3c2)CC1. The van der Waals surface area contributed by atoms with Crippen LogP contribution in [0.5, 0.6) is 5.75 Å². The molecule has 1 fully saturated rings. The number of primary amides is 1. The first-order valence-electron chi connectivity index (χ1n) is 10.1. The molecule has 1 aromatic heterocycles. The van der Waals surface area contributed by atoms with Crippen LogP contribution < -0.4 is 10.5 Å². The number of nitrogens with two attached hydrogens (primary N) is 1. The van der Waals surface area contributed by atoms with E-state index < -0.39 is 6.10 Å². The maximum Gasteiger partial charge on any atom is 0.231 e. The molecule has 1 aliphatic rings. The lowest BCUT2D eigenvalue weighted by Crippen LogP contribution is -2.50. The summed E-state index contributed by atoms with van der Waals surface area (Å²) >= 11 is 1.65. The van der Waals surface area contributed by atoms with Gasteiger partial charge in [-0.05, 0) is 12.1 Å². The highest BCUT2D eigenvalue weighted by Crippen LogP contribution is 2.31. The number of piperazine rings is 1. The molecule has 8 heteroatoms. The minimum atomic E-state index is -0.585. The number of benzene rings is 2. The zero-order valence-corrected chi connectivity index (χ0v) is 17.6. The van der Waals surface area contributed by atoms with E-state index in [9.17, 15) is 9.90 Å². The van der Waals surface area contributed by atoms with Crippen molar-refractivity contribution in [1.82, 2.24) is 14.8 Å². The Morgan fingerprint density at radius 2 is 1.87 bits per heavy atom. The Hall–Kier alpha value is -2.52. The second-order valence-corrected chi connectivity index (χ2v) is 8.55. The van der Waals surface area contributed by atoms with Gasteiger partial charge in [-0.25, -0.2) is 4.98 Å². The van der Waals surface area contributed by atoms with Crippen LogP contribution in [-0.4, -0.2) is 77.8 Å². The van der Waals surface area contributed by atoms with Crippen molar-refractivity contribution in [2.45, 2.75) is 6.10 Å². The molecule has 2 aromatic carbocycles. The van der Waals surface area contributed by atoms with Crippen LogP contribution in [0.15, 0.2) is 48.5 Å². The molecular formula is C22H26N4O3S. The predicted molar refractivity (Wildman–Crippen MR) is 119 cm³/mol. The van der Waals surface area contributed by atoms with Gasteiger partial charge in [0.25, 0.3) is 0 Å². The van der Waals surface area contributed by atoms with Gasteiger partial charge in [0.05, 0.1) is 16.8 Å². The standard InChI is InChI=1S/C22H26N4O3S/c23-21(28)14-26-10-8-25(9-11-26)13-17(27)15-29-18-6-7-20-19(12-18)24-22(30-20)16-4-2-1-3-5-16/h1-7,12,17,27H,8-11,13-15H2,(H2,23,28). The number of carbonyl (C=O) groups excluding carboxylic acids is 1. The second kappa shape index (κ2) is 9.53. The summed E-state index contributed by atoms with van der Waals surface area (Å²) in [6.45, 7) is 4.23. The van der Waals surface area contributed by atoms with Crippen molar-refractivity contribution in [3.05, 3.63) is 48.5 Å². The highest BCUT2D eigenvalue weighted by atomic mass is 32.1. The smallest absolute Gasteiger partial charge is 0.231 e. The largest absolute Gasteiger partial charge is 0.491 e. The van der Waals surface area contributed by atoms with Crippen LogP contribution in [0, 0.1) is 0 Å². The van der Waals surface area contributed by atoms with E-state index in [2.05, 4.69) is 17.0 Å². The number of nitrogens with zero attached hydrogens (tertiary/aromatic N) is 3. The lowest BCUT2D eigenvalue weighted by Gasteiger charge is -2.34. The molecule has 30 heavy (non-hydrogen) atoms. The number of aliphatic hydroxyl groups excluding tert-OH is 1. The van der Waals surface area contributed by atoms with Crippen LogP contribution in [0.2, 0.25) is 0 Å². The number of carbonyl (C=O) groups is 1. The normalized spacial score (nSPS) is 16.6. The molecule has 4 rings (SSSR count). The summed E-state index contributed by atoms with van der Waals surface area (Å²) in [5, 5.41) is 11.4. The topological polar surface area (TPSA) is 91.9 Å². The van der Waals surface area contributed by atoms with Gasteiger partial charge in [-0.15, -0.1) is 11.3 Å². The molecule has 7 nitrogen and oxygen atoms in total. The number of rotatable bonds is 8. The van der Waals surface area contributed by atoms with Crippen molar-refractivity contribution in [3.8, 4) is 16.3 Å². The number of hydrogen-bond donors (Lipinski definition) is 2. The first-order chi connectivity index (χ1) is 14.6. The molecule has 0 saturated carbocycles. The van der Waals surface area contributed by atoms with E-state index in [0.717, 1.165) is 47.0 Å². The van der Waals surface area contributed by atoms with Crippen LogP contribution in [0.1, 0.15) is 0 Å². The number of β-amino-alcohol motifs (C(OH)–C–C–N with tert-alkyl or cyclic N) is 1. The average Bonchev–Trinajstić information content (AvgIpc) is 3.17. The Labute approximate surface area is 179 Å². The summed E-state index contributed by atoms with van der Waals surface area (Å²) in [5.41, 5.74) is 7.25. The summed E-state index contributed by atoms with van der Waals surface area (Å²) < 4.78 is 6.93. The molecule has 0 aliphatic carbocycles.